The number of likely N-dealkylation sites (tertiary alicyclic amines) is 1. The zero-order chi connectivity index (χ0) is 16.2. The number of aromatic amines is 1. The van der Waals surface area contributed by atoms with Crippen molar-refractivity contribution in [2.45, 2.75) is 38.1 Å². The van der Waals surface area contributed by atoms with E-state index in [1.165, 1.54) is 11.6 Å². The highest BCUT2D eigenvalue weighted by Crippen LogP contribution is 2.56. The van der Waals surface area contributed by atoms with E-state index in [0.717, 1.165) is 43.5 Å². The average Bonchev–Trinajstić information content (AvgIpc) is 2.52. The predicted molar refractivity (Wildman–Crippen MR) is 88.9 cm³/mol. The van der Waals surface area contributed by atoms with E-state index in [4.69, 9.17) is 0 Å². The highest BCUT2D eigenvalue weighted by atomic mass is 16.2. The molecule has 1 N–H and O–H groups in total. The lowest BCUT2D eigenvalue weighted by Gasteiger charge is -2.59. The molecule has 1 saturated heterocycles. The molecule has 0 radical (unpaired) electrons. The maximum Gasteiger partial charge on any atom is 0.248 e. The third-order valence-corrected chi connectivity index (χ3v) is 5.90. The Morgan fingerprint density at radius 1 is 1.48 bits per heavy atom. The van der Waals surface area contributed by atoms with Crippen molar-refractivity contribution in [2.75, 3.05) is 6.54 Å². The molecule has 0 aromatic carbocycles. The molecule has 1 aliphatic heterocycles. The summed E-state index contributed by atoms with van der Waals surface area (Å²) in [6.07, 6.45) is 7.68. The van der Waals surface area contributed by atoms with E-state index in [1.54, 1.807) is 6.07 Å². The molecule has 4 rings (SSSR count). The van der Waals surface area contributed by atoms with Gasteiger partial charge in [-0.3, -0.25) is 9.59 Å². The van der Waals surface area contributed by atoms with Crippen molar-refractivity contribution in [3.63, 3.8) is 0 Å². The molecule has 1 amide bonds. The van der Waals surface area contributed by atoms with Crippen LogP contribution in [-0.4, -0.2) is 22.3 Å². The Kier molecular flexibility index (Phi) is 3.12. The van der Waals surface area contributed by atoms with Crippen molar-refractivity contribution in [3.05, 3.63) is 58.0 Å². The number of nitrogens with zero attached hydrogens (tertiary/aromatic N) is 1. The molecule has 3 aliphatic rings. The summed E-state index contributed by atoms with van der Waals surface area (Å²) >= 11 is 0. The molecule has 2 aliphatic carbocycles. The zero-order valence-corrected chi connectivity index (χ0v) is 13.5. The quantitative estimate of drug-likeness (QED) is 0.640. The lowest BCUT2D eigenvalue weighted by Crippen LogP contribution is -2.62. The second-order valence-corrected chi connectivity index (χ2v) is 7.14. The van der Waals surface area contributed by atoms with E-state index in [-0.39, 0.29) is 17.0 Å². The fraction of sp³-hybridized carbons (Fsp3) is 0.474. The summed E-state index contributed by atoms with van der Waals surface area (Å²) in [6.45, 7) is 6.62. The minimum atomic E-state index is -0.315. The number of hydrogen-bond donors (Lipinski definition) is 1. The van der Waals surface area contributed by atoms with Gasteiger partial charge in [0.05, 0.1) is 5.54 Å². The predicted octanol–water partition coefficient (Wildman–Crippen LogP) is 2.52. The molecule has 0 spiro atoms. The minimum Gasteiger partial charge on any atom is -0.329 e. The number of rotatable bonds is 1. The lowest BCUT2D eigenvalue weighted by molar-refractivity contribution is -0.142. The van der Waals surface area contributed by atoms with Crippen LogP contribution >= 0.6 is 0 Å². The van der Waals surface area contributed by atoms with Crippen LogP contribution in [0.5, 0.6) is 0 Å². The van der Waals surface area contributed by atoms with Gasteiger partial charge in [0.15, 0.2) is 0 Å². The summed E-state index contributed by atoms with van der Waals surface area (Å²) < 4.78 is 0. The molecule has 120 valence electrons. The summed E-state index contributed by atoms with van der Waals surface area (Å²) in [6, 6.07) is 3.55. The van der Waals surface area contributed by atoms with Gasteiger partial charge in [0.25, 0.3) is 0 Å². The second kappa shape index (κ2) is 4.95. The van der Waals surface area contributed by atoms with Crippen molar-refractivity contribution < 1.29 is 4.79 Å². The topological polar surface area (TPSA) is 53.2 Å². The first-order chi connectivity index (χ1) is 11.1. The number of carbonyl (C=O) groups is 1. The number of nitrogens with one attached hydrogen (secondary N) is 1. The van der Waals surface area contributed by atoms with Crippen LogP contribution in [0.1, 0.15) is 37.4 Å². The molecule has 3 atom stereocenters. The normalized spacial score (nSPS) is 31.7. The summed E-state index contributed by atoms with van der Waals surface area (Å²) in [7, 11) is 0. The van der Waals surface area contributed by atoms with Gasteiger partial charge in [-0.25, -0.2) is 0 Å². The Hall–Kier alpha value is -2.10. The van der Waals surface area contributed by atoms with E-state index >= 15 is 0 Å². The fourth-order valence-corrected chi connectivity index (χ4v) is 5.25. The number of pyridine rings is 1. The SMILES string of the molecule is C=CC(=O)N1CCC[C@@H]2[C@H]3C=C(C)C[C@]21c1ccc(=O)[nH]c1C3. The first kappa shape index (κ1) is 14.5. The number of H-pyrrole nitrogens is 1. The highest BCUT2D eigenvalue weighted by molar-refractivity contribution is 5.88. The van der Waals surface area contributed by atoms with E-state index in [0.29, 0.717) is 11.8 Å². The number of hydrogen-bond acceptors (Lipinski definition) is 2. The van der Waals surface area contributed by atoms with Crippen molar-refractivity contribution >= 4 is 5.91 Å². The maximum absolute atomic E-state index is 12.6. The lowest BCUT2D eigenvalue weighted by atomic mass is 9.56. The average molecular weight is 310 g/mol. The number of piperidine rings is 1. The Morgan fingerprint density at radius 3 is 3.09 bits per heavy atom. The van der Waals surface area contributed by atoms with Crippen LogP contribution in [0, 0.1) is 11.8 Å². The van der Waals surface area contributed by atoms with Gasteiger partial charge in [-0.05, 0) is 62.1 Å². The van der Waals surface area contributed by atoms with Gasteiger partial charge in [0, 0.05) is 18.3 Å². The van der Waals surface area contributed by atoms with Crippen LogP contribution in [0.4, 0.5) is 0 Å². The summed E-state index contributed by atoms with van der Waals surface area (Å²) in [5.74, 6) is 0.833. The number of amides is 1. The largest absolute Gasteiger partial charge is 0.329 e. The molecule has 4 nitrogen and oxygen atoms in total. The van der Waals surface area contributed by atoms with Gasteiger partial charge in [-0.1, -0.05) is 18.2 Å². The fourth-order valence-electron chi connectivity index (χ4n) is 5.25. The zero-order valence-electron chi connectivity index (χ0n) is 13.5. The molecule has 2 heterocycles. The second-order valence-electron chi connectivity index (χ2n) is 7.14. The standard InChI is InChI=1S/C19H22N2O2/c1-3-18(23)21-8-4-5-14-13-9-12(2)11-19(14,21)15-6-7-17(22)20-16(15)10-13/h3,6-7,9,13-14H,1,4-5,8,10-11H2,2H3,(H,20,22)/t13-,14+,19+/m0/s1. The van der Waals surface area contributed by atoms with Crippen molar-refractivity contribution in [1.82, 2.24) is 9.88 Å². The van der Waals surface area contributed by atoms with Gasteiger partial charge in [-0.15, -0.1) is 0 Å². The molecule has 0 unspecified atom stereocenters. The molecule has 1 aromatic rings. The van der Waals surface area contributed by atoms with Gasteiger partial charge >= 0.3 is 0 Å². The third-order valence-electron chi connectivity index (χ3n) is 5.90. The highest BCUT2D eigenvalue weighted by Gasteiger charge is 2.56. The van der Waals surface area contributed by atoms with Crippen LogP contribution in [0.3, 0.4) is 0 Å². The van der Waals surface area contributed by atoms with E-state index in [2.05, 4.69) is 24.6 Å². The molecule has 1 fully saturated rings. The van der Waals surface area contributed by atoms with Gasteiger partial charge < -0.3 is 9.88 Å². The molecular weight excluding hydrogens is 288 g/mol. The van der Waals surface area contributed by atoms with Crippen molar-refractivity contribution in [1.29, 1.82) is 0 Å². The first-order valence-corrected chi connectivity index (χ1v) is 8.40. The molecule has 2 bridgehead atoms. The van der Waals surface area contributed by atoms with Gasteiger partial charge in [-0.2, -0.15) is 0 Å². The minimum absolute atomic E-state index is 0.00204. The van der Waals surface area contributed by atoms with Crippen LogP contribution in [-0.2, 0) is 16.8 Å². The van der Waals surface area contributed by atoms with E-state index in [1.807, 2.05) is 11.0 Å². The molecule has 1 aromatic heterocycles. The van der Waals surface area contributed by atoms with E-state index in [9.17, 15) is 9.59 Å². The summed E-state index contributed by atoms with van der Waals surface area (Å²) in [5, 5.41) is 0. The van der Waals surface area contributed by atoms with Crippen LogP contribution in [0.25, 0.3) is 0 Å². The molecule has 0 saturated carbocycles. The number of aromatic nitrogens is 1. The van der Waals surface area contributed by atoms with Crippen molar-refractivity contribution in [3.8, 4) is 0 Å². The Bertz CT molecular complexity index is 776. The molecular formula is C19H22N2O2. The molecule has 4 heteroatoms. The number of fused-ring (bicyclic) bond motifs is 1. The maximum atomic E-state index is 12.6. The Balaban J connectivity index is 1.99. The molecule has 23 heavy (non-hydrogen) atoms. The smallest absolute Gasteiger partial charge is 0.248 e. The van der Waals surface area contributed by atoms with Gasteiger partial charge in [0.2, 0.25) is 11.5 Å². The Labute approximate surface area is 135 Å². The van der Waals surface area contributed by atoms with Crippen LogP contribution < -0.4 is 5.56 Å². The van der Waals surface area contributed by atoms with Crippen LogP contribution in [0.15, 0.2) is 41.2 Å². The van der Waals surface area contributed by atoms with Crippen molar-refractivity contribution in [2.24, 2.45) is 11.8 Å². The van der Waals surface area contributed by atoms with E-state index < -0.39 is 0 Å². The van der Waals surface area contributed by atoms with Crippen LogP contribution in [0.2, 0.25) is 0 Å². The van der Waals surface area contributed by atoms with Gasteiger partial charge in [0.1, 0.15) is 0 Å². The number of allylic oxidation sites excluding steroid dienone is 1. The summed E-state index contributed by atoms with van der Waals surface area (Å²) in [5.41, 5.74) is 3.11. The monoisotopic (exact) mass is 310 g/mol. The third kappa shape index (κ3) is 1.90. The summed E-state index contributed by atoms with van der Waals surface area (Å²) in [4.78, 5) is 29.5. The number of carbonyl (C=O) groups excluding carboxylic acids is 1. The first-order valence-electron chi connectivity index (χ1n) is 8.40. The Morgan fingerprint density at radius 2 is 2.30 bits per heavy atom.